The number of fused-ring (bicyclic) bond motifs is 2. The Morgan fingerprint density at radius 1 is 1.10 bits per heavy atom. The van der Waals surface area contributed by atoms with E-state index in [9.17, 15) is 8.42 Å². The zero-order valence-electron chi connectivity index (χ0n) is 12.3. The Balaban J connectivity index is 1.81. The number of hydrogen-bond acceptors (Lipinski definition) is 4. The molecule has 0 aromatic heterocycles. The van der Waals surface area contributed by atoms with Gasteiger partial charge >= 0.3 is 0 Å². The van der Waals surface area contributed by atoms with Crippen molar-refractivity contribution in [2.75, 3.05) is 14.2 Å². The van der Waals surface area contributed by atoms with Crippen LogP contribution in [0.2, 0.25) is 0 Å². The molecule has 1 aromatic rings. The van der Waals surface area contributed by atoms with Crippen LogP contribution in [-0.4, -0.2) is 28.7 Å². The summed E-state index contributed by atoms with van der Waals surface area (Å²) in [7, 11) is -0.484. The fourth-order valence-corrected chi connectivity index (χ4v) is 4.97. The minimum atomic E-state index is -3.51. The first-order valence-electron chi connectivity index (χ1n) is 7.28. The number of nitrogens with one attached hydrogen (secondary N) is 1. The lowest BCUT2D eigenvalue weighted by atomic mass is 9.96. The minimum absolute atomic E-state index is 0.0850. The van der Waals surface area contributed by atoms with Crippen LogP contribution in [0.3, 0.4) is 0 Å². The van der Waals surface area contributed by atoms with E-state index in [0.717, 1.165) is 12.8 Å². The average molecular weight is 311 g/mol. The third-order valence-corrected chi connectivity index (χ3v) is 6.20. The molecule has 3 rings (SSSR count). The lowest BCUT2D eigenvalue weighted by Crippen LogP contribution is -2.38. The second kappa shape index (κ2) is 5.50. The van der Waals surface area contributed by atoms with Crippen LogP contribution in [0.1, 0.15) is 25.7 Å². The molecule has 0 heterocycles. The molecule has 0 saturated heterocycles. The number of rotatable bonds is 5. The van der Waals surface area contributed by atoms with E-state index in [1.54, 1.807) is 12.1 Å². The van der Waals surface area contributed by atoms with Crippen molar-refractivity contribution in [3.05, 3.63) is 18.2 Å². The SMILES string of the molecule is COc1ccc(S(=O)(=O)N[C@H]2C[C@@H]3CC[C@@H]2C3)cc1OC. The number of ether oxygens (including phenoxy) is 2. The summed E-state index contributed by atoms with van der Waals surface area (Å²) < 4.78 is 38.2. The maximum absolute atomic E-state index is 12.5. The van der Waals surface area contributed by atoms with Gasteiger partial charge in [-0.25, -0.2) is 13.1 Å². The third kappa shape index (κ3) is 2.74. The maximum Gasteiger partial charge on any atom is 0.240 e. The van der Waals surface area contributed by atoms with Gasteiger partial charge in [-0.3, -0.25) is 0 Å². The van der Waals surface area contributed by atoms with Crippen LogP contribution in [0.25, 0.3) is 0 Å². The third-order valence-electron chi connectivity index (χ3n) is 4.71. The molecule has 5 nitrogen and oxygen atoms in total. The van der Waals surface area contributed by atoms with Crippen molar-refractivity contribution in [2.24, 2.45) is 11.8 Å². The maximum atomic E-state index is 12.5. The molecule has 116 valence electrons. The van der Waals surface area contributed by atoms with Gasteiger partial charge in [-0.1, -0.05) is 6.42 Å². The lowest BCUT2D eigenvalue weighted by Gasteiger charge is -2.23. The fraction of sp³-hybridized carbons (Fsp3) is 0.600. The highest BCUT2D eigenvalue weighted by atomic mass is 32.2. The summed E-state index contributed by atoms with van der Waals surface area (Å²) in [5.41, 5.74) is 0. The van der Waals surface area contributed by atoms with Gasteiger partial charge < -0.3 is 9.47 Å². The van der Waals surface area contributed by atoms with E-state index in [0.29, 0.717) is 23.3 Å². The second-order valence-corrected chi connectivity index (χ2v) is 7.63. The summed E-state index contributed by atoms with van der Waals surface area (Å²) in [5.74, 6) is 2.16. The molecule has 2 aliphatic rings. The zero-order chi connectivity index (χ0) is 15.0. The topological polar surface area (TPSA) is 64.6 Å². The van der Waals surface area contributed by atoms with Gasteiger partial charge in [-0.15, -0.1) is 0 Å². The van der Waals surface area contributed by atoms with Gasteiger partial charge in [0.05, 0.1) is 19.1 Å². The van der Waals surface area contributed by atoms with E-state index >= 15 is 0 Å². The van der Waals surface area contributed by atoms with Crippen molar-refractivity contribution >= 4 is 10.0 Å². The summed E-state index contributed by atoms with van der Waals surface area (Å²) in [6, 6.07) is 4.77. The molecule has 2 bridgehead atoms. The Morgan fingerprint density at radius 3 is 2.43 bits per heavy atom. The smallest absolute Gasteiger partial charge is 0.240 e. The highest BCUT2D eigenvalue weighted by molar-refractivity contribution is 7.89. The van der Waals surface area contributed by atoms with E-state index in [1.165, 1.54) is 33.1 Å². The predicted molar refractivity (Wildman–Crippen MR) is 79.1 cm³/mol. The first kappa shape index (κ1) is 14.7. The van der Waals surface area contributed by atoms with Crippen molar-refractivity contribution in [2.45, 2.75) is 36.6 Å². The molecule has 6 heteroatoms. The molecule has 1 aromatic carbocycles. The molecule has 21 heavy (non-hydrogen) atoms. The highest BCUT2D eigenvalue weighted by Crippen LogP contribution is 2.45. The summed E-state index contributed by atoms with van der Waals surface area (Å²) in [6.07, 6.45) is 4.53. The van der Waals surface area contributed by atoms with E-state index in [4.69, 9.17) is 9.47 Å². The minimum Gasteiger partial charge on any atom is -0.493 e. The largest absolute Gasteiger partial charge is 0.493 e. The summed E-state index contributed by atoms with van der Waals surface area (Å²) in [5, 5.41) is 0. The normalized spacial score (nSPS) is 27.8. The second-order valence-electron chi connectivity index (χ2n) is 5.92. The number of methoxy groups -OCH3 is 2. The van der Waals surface area contributed by atoms with Crippen LogP contribution in [-0.2, 0) is 10.0 Å². The van der Waals surface area contributed by atoms with E-state index in [-0.39, 0.29) is 10.9 Å². The standard InChI is InChI=1S/C15H21NO4S/c1-19-14-6-5-12(9-15(14)20-2)21(17,18)16-13-8-10-3-4-11(13)7-10/h5-6,9-11,13,16H,3-4,7-8H2,1-2H3/t10-,11-,13+/m1/s1. The molecule has 0 radical (unpaired) electrons. The lowest BCUT2D eigenvalue weighted by molar-refractivity contribution is 0.353. The van der Waals surface area contributed by atoms with E-state index < -0.39 is 10.0 Å². The van der Waals surface area contributed by atoms with Crippen molar-refractivity contribution in [3.8, 4) is 11.5 Å². The monoisotopic (exact) mass is 311 g/mol. The van der Waals surface area contributed by atoms with Crippen molar-refractivity contribution in [1.29, 1.82) is 0 Å². The van der Waals surface area contributed by atoms with Gasteiger partial charge in [0.15, 0.2) is 11.5 Å². The summed E-state index contributed by atoms with van der Waals surface area (Å²) in [6.45, 7) is 0. The molecule has 0 aliphatic heterocycles. The van der Waals surface area contributed by atoms with Gasteiger partial charge in [-0.05, 0) is 43.2 Å². The van der Waals surface area contributed by atoms with Gasteiger partial charge in [0.1, 0.15) is 0 Å². The van der Waals surface area contributed by atoms with Gasteiger partial charge in [0.25, 0.3) is 0 Å². The Labute approximate surface area is 125 Å². The van der Waals surface area contributed by atoms with Crippen molar-refractivity contribution in [3.63, 3.8) is 0 Å². The van der Waals surface area contributed by atoms with Gasteiger partial charge in [-0.2, -0.15) is 0 Å². The van der Waals surface area contributed by atoms with Gasteiger partial charge in [0.2, 0.25) is 10.0 Å². The first-order valence-corrected chi connectivity index (χ1v) is 8.76. The van der Waals surface area contributed by atoms with E-state index in [1.807, 2.05) is 0 Å². The van der Waals surface area contributed by atoms with Crippen LogP contribution < -0.4 is 14.2 Å². The number of hydrogen-bond donors (Lipinski definition) is 1. The number of sulfonamides is 1. The average Bonchev–Trinajstić information content (AvgIpc) is 3.08. The molecular weight excluding hydrogens is 290 g/mol. The first-order chi connectivity index (χ1) is 10.0. The van der Waals surface area contributed by atoms with E-state index in [2.05, 4.69) is 4.72 Å². The van der Waals surface area contributed by atoms with Crippen molar-refractivity contribution in [1.82, 2.24) is 4.72 Å². The van der Waals surface area contributed by atoms with Crippen LogP contribution >= 0.6 is 0 Å². The highest BCUT2D eigenvalue weighted by Gasteiger charge is 2.41. The van der Waals surface area contributed by atoms with Crippen molar-refractivity contribution < 1.29 is 17.9 Å². The summed E-state index contributed by atoms with van der Waals surface area (Å²) in [4.78, 5) is 0.225. The van der Waals surface area contributed by atoms with Crippen LogP contribution in [0.4, 0.5) is 0 Å². The Bertz CT molecular complexity index is 629. The molecule has 1 N–H and O–H groups in total. The van der Waals surface area contributed by atoms with Crippen LogP contribution in [0, 0.1) is 11.8 Å². The predicted octanol–water partition coefficient (Wildman–Crippen LogP) is 2.17. The molecular formula is C15H21NO4S. The molecule has 0 unspecified atom stereocenters. The van der Waals surface area contributed by atoms with Crippen LogP contribution in [0.15, 0.2) is 23.1 Å². The quantitative estimate of drug-likeness (QED) is 0.905. The molecule has 0 spiro atoms. The molecule has 0 amide bonds. The van der Waals surface area contributed by atoms with Gasteiger partial charge in [0, 0.05) is 12.1 Å². The molecule has 2 fully saturated rings. The Morgan fingerprint density at radius 2 is 1.86 bits per heavy atom. The van der Waals surface area contributed by atoms with Crippen LogP contribution in [0.5, 0.6) is 11.5 Å². The Kier molecular flexibility index (Phi) is 3.84. The molecule has 2 saturated carbocycles. The molecule has 2 aliphatic carbocycles. The number of benzene rings is 1. The Hall–Kier alpha value is -1.27. The fourth-order valence-electron chi connectivity index (χ4n) is 3.64. The zero-order valence-corrected chi connectivity index (χ0v) is 13.2. The summed E-state index contributed by atoms with van der Waals surface area (Å²) >= 11 is 0. The molecule has 3 atom stereocenters.